The number of aryl methyl sites for hydroxylation is 1. The van der Waals surface area contributed by atoms with Crippen molar-refractivity contribution in [3.05, 3.63) is 26.7 Å². The monoisotopic (exact) mass is 383 g/mol. The third-order valence-electron chi connectivity index (χ3n) is 4.56. The second-order valence-corrected chi connectivity index (χ2v) is 7.88. The van der Waals surface area contributed by atoms with Crippen LogP contribution < -0.4 is 0 Å². The molecular formula is C16H18BrNO3S. The summed E-state index contributed by atoms with van der Waals surface area (Å²) < 4.78 is 1.65. The number of carbonyl (C=O) groups is 1. The Hall–Kier alpha value is -0.980. The van der Waals surface area contributed by atoms with Crippen LogP contribution in [0.4, 0.5) is 0 Å². The molecule has 118 valence electrons. The summed E-state index contributed by atoms with van der Waals surface area (Å²) in [5.74, 6) is -0.0592. The number of aromatic nitrogens is 1. The summed E-state index contributed by atoms with van der Waals surface area (Å²) in [6, 6.07) is 1.87. The number of hydrogen-bond donors (Lipinski definition) is 2. The van der Waals surface area contributed by atoms with Gasteiger partial charge in [0.2, 0.25) is 0 Å². The van der Waals surface area contributed by atoms with Crippen molar-refractivity contribution in [2.45, 2.75) is 38.5 Å². The van der Waals surface area contributed by atoms with E-state index in [1.54, 1.807) is 11.3 Å². The maximum Gasteiger partial charge on any atom is 0.337 e. The first-order valence-electron chi connectivity index (χ1n) is 7.45. The molecule has 2 N–H and O–H groups in total. The summed E-state index contributed by atoms with van der Waals surface area (Å²) in [6.45, 7) is 2.10. The predicted molar refractivity (Wildman–Crippen MR) is 90.8 cm³/mol. The van der Waals surface area contributed by atoms with E-state index in [1.165, 1.54) is 0 Å². The fourth-order valence-electron chi connectivity index (χ4n) is 3.23. The minimum absolute atomic E-state index is 0.278. The fraction of sp³-hybridized carbons (Fsp3) is 0.500. The zero-order valence-electron chi connectivity index (χ0n) is 12.3. The van der Waals surface area contributed by atoms with Gasteiger partial charge in [0.05, 0.1) is 20.8 Å². The van der Waals surface area contributed by atoms with Crippen molar-refractivity contribution < 1.29 is 15.0 Å². The van der Waals surface area contributed by atoms with Crippen LogP contribution in [0.5, 0.6) is 0 Å². The van der Waals surface area contributed by atoms with Gasteiger partial charge in [-0.2, -0.15) is 0 Å². The lowest BCUT2D eigenvalue weighted by Crippen LogP contribution is -2.15. The van der Waals surface area contributed by atoms with Crippen molar-refractivity contribution >= 4 is 43.5 Å². The van der Waals surface area contributed by atoms with E-state index in [1.807, 2.05) is 13.0 Å². The predicted octanol–water partition coefficient (Wildman–Crippen LogP) is 4.33. The van der Waals surface area contributed by atoms with Crippen LogP contribution in [-0.4, -0.2) is 27.8 Å². The summed E-state index contributed by atoms with van der Waals surface area (Å²) in [4.78, 5) is 16.1. The minimum Gasteiger partial charge on any atom is -0.478 e. The Balaban J connectivity index is 1.97. The highest BCUT2D eigenvalue weighted by molar-refractivity contribution is 9.10. The van der Waals surface area contributed by atoms with E-state index in [2.05, 4.69) is 15.9 Å². The molecule has 0 aliphatic heterocycles. The van der Waals surface area contributed by atoms with Crippen LogP contribution in [0.2, 0.25) is 0 Å². The van der Waals surface area contributed by atoms with E-state index in [0.717, 1.165) is 46.5 Å². The highest BCUT2D eigenvalue weighted by Gasteiger charge is 2.25. The highest BCUT2D eigenvalue weighted by Crippen LogP contribution is 2.40. The average Bonchev–Trinajstić information content (AvgIpc) is 2.91. The van der Waals surface area contributed by atoms with Crippen LogP contribution in [0.15, 0.2) is 10.5 Å². The second-order valence-electron chi connectivity index (χ2n) is 5.96. The molecule has 0 radical (unpaired) electrons. The summed E-state index contributed by atoms with van der Waals surface area (Å²) in [7, 11) is 0. The van der Waals surface area contributed by atoms with Crippen molar-refractivity contribution in [3.8, 4) is 0 Å². The summed E-state index contributed by atoms with van der Waals surface area (Å²) in [6.07, 6.45) is 4.19. The van der Waals surface area contributed by atoms with E-state index < -0.39 is 5.97 Å². The molecule has 22 heavy (non-hydrogen) atoms. The van der Waals surface area contributed by atoms with Gasteiger partial charge in [-0.25, -0.2) is 9.78 Å². The lowest BCUT2D eigenvalue weighted by atomic mass is 9.83. The number of aliphatic hydroxyl groups is 1. The topological polar surface area (TPSA) is 70.4 Å². The van der Waals surface area contributed by atoms with E-state index in [9.17, 15) is 15.0 Å². The lowest BCUT2D eigenvalue weighted by molar-refractivity contribution is 0.0695. The van der Waals surface area contributed by atoms with Crippen LogP contribution in [0.25, 0.3) is 10.2 Å². The Morgan fingerprint density at radius 3 is 2.68 bits per heavy atom. The SMILES string of the molecule is Cc1c(C(=O)O)c(Br)cc2sc(C3CCC(CO)CC3)nc12. The normalized spacial score (nSPS) is 22.1. The van der Waals surface area contributed by atoms with Gasteiger partial charge in [0.1, 0.15) is 0 Å². The third-order valence-corrected chi connectivity index (χ3v) is 6.36. The molecule has 0 spiro atoms. The quantitative estimate of drug-likeness (QED) is 0.826. The lowest BCUT2D eigenvalue weighted by Gasteiger charge is -2.25. The van der Waals surface area contributed by atoms with Gasteiger partial charge in [0, 0.05) is 17.0 Å². The number of hydrogen-bond acceptors (Lipinski definition) is 4. The maximum absolute atomic E-state index is 11.4. The van der Waals surface area contributed by atoms with Gasteiger partial charge in [-0.1, -0.05) is 0 Å². The first-order valence-corrected chi connectivity index (χ1v) is 9.06. The molecule has 2 aromatic rings. The summed E-state index contributed by atoms with van der Waals surface area (Å²) in [5, 5.41) is 19.7. The molecule has 4 nitrogen and oxygen atoms in total. The molecule has 1 fully saturated rings. The zero-order valence-corrected chi connectivity index (χ0v) is 14.7. The first-order chi connectivity index (χ1) is 10.5. The molecule has 1 saturated carbocycles. The number of benzene rings is 1. The van der Waals surface area contributed by atoms with Crippen LogP contribution in [0.1, 0.15) is 52.5 Å². The van der Waals surface area contributed by atoms with Gasteiger partial charge in [-0.3, -0.25) is 0 Å². The number of carboxylic acid groups (broad SMARTS) is 1. The van der Waals surface area contributed by atoms with Crippen molar-refractivity contribution in [2.75, 3.05) is 6.61 Å². The summed E-state index contributed by atoms with van der Waals surface area (Å²) in [5.41, 5.74) is 1.83. The second kappa shape index (κ2) is 6.26. The van der Waals surface area contributed by atoms with E-state index in [4.69, 9.17) is 4.98 Å². The Bertz CT molecular complexity index is 720. The van der Waals surface area contributed by atoms with Gasteiger partial charge >= 0.3 is 5.97 Å². The number of aliphatic hydroxyl groups excluding tert-OH is 1. The molecule has 1 aliphatic rings. The van der Waals surface area contributed by atoms with Gasteiger partial charge in [-0.15, -0.1) is 11.3 Å². The molecule has 1 aliphatic carbocycles. The number of halogens is 1. The van der Waals surface area contributed by atoms with E-state index in [-0.39, 0.29) is 6.61 Å². The molecule has 0 unspecified atom stereocenters. The molecule has 0 amide bonds. The first kappa shape index (κ1) is 15.9. The van der Waals surface area contributed by atoms with Crippen molar-refractivity contribution in [1.82, 2.24) is 4.98 Å². The van der Waals surface area contributed by atoms with Crippen molar-refractivity contribution in [2.24, 2.45) is 5.92 Å². The minimum atomic E-state index is -0.927. The van der Waals surface area contributed by atoms with Gasteiger partial charge < -0.3 is 10.2 Å². The van der Waals surface area contributed by atoms with Crippen LogP contribution in [0, 0.1) is 12.8 Å². The number of carboxylic acids is 1. The molecular weight excluding hydrogens is 366 g/mol. The van der Waals surface area contributed by atoms with E-state index in [0.29, 0.717) is 21.9 Å². The van der Waals surface area contributed by atoms with Crippen molar-refractivity contribution in [3.63, 3.8) is 0 Å². The van der Waals surface area contributed by atoms with Crippen LogP contribution in [-0.2, 0) is 0 Å². The van der Waals surface area contributed by atoms with Crippen LogP contribution >= 0.6 is 27.3 Å². The van der Waals surface area contributed by atoms with Gasteiger partial charge in [0.15, 0.2) is 0 Å². The number of aromatic carboxylic acids is 1. The van der Waals surface area contributed by atoms with Crippen LogP contribution in [0.3, 0.4) is 0 Å². The molecule has 0 bridgehead atoms. The molecule has 6 heteroatoms. The third kappa shape index (κ3) is 2.79. The molecule has 3 rings (SSSR count). The van der Waals surface area contributed by atoms with E-state index >= 15 is 0 Å². The number of thiazole rings is 1. The maximum atomic E-state index is 11.4. The summed E-state index contributed by atoms with van der Waals surface area (Å²) >= 11 is 5.03. The average molecular weight is 384 g/mol. The molecule has 1 heterocycles. The molecule has 1 aromatic heterocycles. The van der Waals surface area contributed by atoms with Gasteiger partial charge in [-0.05, 0) is 66.1 Å². The Kier molecular flexibility index (Phi) is 4.52. The molecule has 0 atom stereocenters. The molecule has 0 saturated heterocycles. The Morgan fingerprint density at radius 1 is 1.41 bits per heavy atom. The van der Waals surface area contributed by atoms with Gasteiger partial charge in [0.25, 0.3) is 0 Å². The molecule has 1 aromatic carbocycles. The van der Waals surface area contributed by atoms with Crippen molar-refractivity contribution in [1.29, 1.82) is 0 Å². The smallest absolute Gasteiger partial charge is 0.337 e. The number of nitrogens with zero attached hydrogens (tertiary/aromatic N) is 1. The Labute approximate surface area is 141 Å². The largest absolute Gasteiger partial charge is 0.478 e. The fourth-order valence-corrected chi connectivity index (χ4v) is 5.31. The number of rotatable bonds is 3. The zero-order chi connectivity index (χ0) is 15.9. The number of fused-ring (bicyclic) bond motifs is 1. The highest BCUT2D eigenvalue weighted by atomic mass is 79.9. The standard InChI is InChI=1S/C16H18BrNO3S/c1-8-13(16(20)21)11(17)6-12-14(8)18-15(22-12)10-4-2-9(7-19)3-5-10/h6,9-10,19H,2-5,7H2,1H3,(H,20,21). The Morgan fingerprint density at radius 2 is 2.09 bits per heavy atom.